The highest BCUT2D eigenvalue weighted by Crippen LogP contribution is 2.25. The van der Waals surface area contributed by atoms with E-state index in [2.05, 4.69) is 0 Å². The number of amides is 1. The number of carbonyl (C=O) groups excluding carboxylic acids is 2. The first-order valence-electron chi connectivity index (χ1n) is 5.02. The van der Waals surface area contributed by atoms with Gasteiger partial charge in [0.05, 0.1) is 12.4 Å². The molecule has 0 aromatic heterocycles. The molecule has 0 spiro atoms. The number of anilines is 1. The first-order valence-corrected chi connectivity index (χ1v) is 6.01. The number of hydrogen-bond acceptors (Lipinski definition) is 5. The van der Waals surface area contributed by atoms with Gasteiger partial charge in [-0.15, -0.1) is 11.8 Å². The van der Waals surface area contributed by atoms with Crippen molar-refractivity contribution in [3.63, 3.8) is 0 Å². The Morgan fingerprint density at radius 3 is 2.65 bits per heavy atom. The quantitative estimate of drug-likeness (QED) is 0.464. The van der Waals surface area contributed by atoms with Crippen LogP contribution in [0.4, 0.5) is 5.69 Å². The number of carbonyl (C=O) groups is 2. The maximum Gasteiger partial charge on any atom is 0.316 e. The van der Waals surface area contributed by atoms with Crippen molar-refractivity contribution in [1.82, 2.24) is 0 Å². The number of nitrogens with two attached hydrogens (primary N) is 2. The fraction of sp³-hybridized carbons (Fsp3) is 0.273. The van der Waals surface area contributed by atoms with Gasteiger partial charge in [-0.05, 0) is 25.1 Å². The molecule has 5 nitrogen and oxygen atoms in total. The Balaban J connectivity index is 2.66. The molecular formula is C11H14N2O3S. The van der Waals surface area contributed by atoms with Crippen molar-refractivity contribution in [1.29, 1.82) is 0 Å². The number of primary amides is 1. The van der Waals surface area contributed by atoms with Crippen molar-refractivity contribution in [2.75, 3.05) is 18.1 Å². The number of benzene rings is 1. The van der Waals surface area contributed by atoms with Crippen LogP contribution in [0.5, 0.6) is 0 Å². The molecule has 1 aromatic carbocycles. The first-order chi connectivity index (χ1) is 8.04. The van der Waals surface area contributed by atoms with Crippen molar-refractivity contribution in [2.24, 2.45) is 5.73 Å². The molecule has 4 N–H and O–H groups in total. The van der Waals surface area contributed by atoms with E-state index in [1.807, 2.05) is 0 Å². The third kappa shape index (κ3) is 3.99. The smallest absolute Gasteiger partial charge is 0.316 e. The van der Waals surface area contributed by atoms with Gasteiger partial charge < -0.3 is 16.2 Å². The Hall–Kier alpha value is -1.69. The molecule has 1 aromatic rings. The van der Waals surface area contributed by atoms with E-state index in [4.69, 9.17) is 16.2 Å². The average Bonchev–Trinajstić information content (AvgIpc) is 2.27. The number of hydrogen-bond donors (Lipinski definition) is 2. The second-order valence-corrected chi connectivity index (χ2v) is 4.23. The van der Waals surface area contributed by atoms with E-state index in [9.17, 15) is 9.59 Å². The van der Waals surface area contributed by atoms with Crippen LogP contribution in [0, 0.1) is 0 Å². The molecule has 0 saturated heterocycles. The van der Waals surface area contributed by atoms with Crippen molar-refractivity contribution >= 4 is 29.3 Å². The number of rotatable bonds is 5. The van der Waals surface area contributed by atoms with E-state index >= 15 is 0 Å². The van der Waals surface area contributed by atoms with Gasteiger partial charge in [0.15, 0.2) is 0 Å². The molecule has 0 unspecified atom stereocenters. The van der Waals surface area contributed by atoms with Crippen molar-refractivity contribution < 1.29 is 14.3 Å². The summed E-state index contributed by atoms with van der Waals surface area (Å²) in [5.41, 5.74) is 11.6. The van der Waals surface area contributed by atoms with Crippen LogP contribution in [0.1, 0.15) is 17.3 Å². The van der Waals surface area contributed by atoms with Crippen LogP contribution in [0.2, 0.25) is 0 Å². The van der Waals surface area contributed by atoms with Crippen LogP contribution in [0.3, 0.4) is 0 Å². The minimum absolute atomic E-state index is 0.188. The molecule has 0 saturated carbocycles. The van der Waals surface area contributed by atoms with Gasteiger partial charge in [0.2, 0.25) is 5.91 Å². The number of thioether (sulfide) groups is 1. The van der Waals surface area contributed by atoms with Crippen molar-refractivity contribution in [3.8, 4) is 0 Å². The maximum absolute atomic E-state index is 11.1. The topological polar surface area (TPSA) is 95.4 Å². The summed E-state index contributed by atoms with van der Waals surface area (Å²) in [6, 6.07) is 4.74. The lowest BCUT2D eigenvalue weighted by atomic mass is 10.2. The number of nitrogen functional groups attached to an aromatic ring is 1. The molecule has 0 aliphatic heterocycles. The van der Waals surface area contributed by atoms with Crippen LogP contribution < -0.4 is 11.5 Å². The summed E-state index contributed by atoms with van der Waals surface area (Å²) in [6.07, 6.45) is 0. The van der Waals surface area contributed by atoms with Crippen molar-refractivity contribution in [2.45, 2.75) is 11.8 Å². The molecular weight excluding hydrogens is 240 g/mol. The fourth-order valence-corrected chi connectivity index (χ4v) is 1.92. The van der Waals surface area contributed by atoms with Gasteiger partial charge in [-0.1, -0.05) is 0 Å². The lowest BCUT2D eigenvalue weighted by Gasteiger charge is -2.06. The second kappa shape index (κ2) is 6.15. The van der Waals surface area contributed by atoms with Crippen LogP contribution in [-0.2, 0) is 9.53 Å². The molecule has 0 atom stereocenters. The SMILES string of the molecule is CCOC(=O)CSc1ccc(C(N)=O)cc1N. The molecule has 17 heavy (non-hydrogen) atoms. The fourth-order valence-electron chi connectivity index (χ4n) is 1.17. The van der Waals surface area contributed by atoms with E-state index in [0.717, 1.165) is 4.90 Å². The lowest BCUT2D eigenvalue weighted by molar-refractivity contribution is -0.139. The summed E-state index contributed by atoms with van der Waals surface area (Å²) < 4.78 is 4.79. The van der Waals surface area contributed by atoms with Crippen LogP contribution in [0.15, 0.2) is 23.1 Å². The zero-order chi connectivity index (χ0) is 12.8. The Bertz CT molecular complexity index is 435. The third-order valence-corrected chi connectivity index (χ3v) is 3.01. The maximum atomic E-state index is 11.1. The highest BCUT2D eigenvalue weighted by atomic mass is 32.2. The summed E-state index contributed by atoms with van der Waals surface area (Å²) in [4.78, 5) is 22.8. The first kappa shape index (κ1) is 13.4. The third-order valence-electron chi connectivity index (χ3n) is 1.95. The zero-order valence-electron chi connectivity index (χ0n) is 9.43. The summed E-state index contributed by atoms with van der Waals surface area (Å²) in [6.45, 7) is 2.11. The van der Waals surface area contributed by atoms with E-state index in [0.29, 0.717) is 17.9 Å². The van der Waals surface area contributed by atoms with Gasteiger partial charge >= 0.3 is 5.97 Å². The lowest BCUT2D eigenvalue weighted by Crippen LogP contribution is -2.11. The highest BCUT2D eigenvalue weighted by Gasteiger charge is 2.08. The molecule has 1 amide bonds. The van der Waals surface area contributed by atoms with Gasteiger partial charge in [-0.2, -0.15) is 0 Å². The number of ether oxygens (including phenoxy) is 1. The molecule has 6 heteroatoms. The Labute approximate surface area is 103 Å². The molecule has 0 heterocycles. The Kier molecular flexibility index (Phi) is 4.84. The molecule has 92 valence electrons. The average molecular weight is 254 g/mol. The van der Waals surface area contributed by atoms with Crippen molar-refractivity contribution in [3.05, 3.63) is 23.8 Å². The van der Waals surface area contributed by atoms with Gasteiger partial charge in [0, 0.05) is 16.1 Å². The van der Waals surface area contributed by atoms with E-state index in [1.54, 1.807) is 19.1 Å². The van der Waals surface area contributed by atoms with Crippen LogP contribution in [0.25, 0.3) is 0 Å². The summed E-state index contributed by atoms with van der Waals surface area (Å²) >= 11 is 1.26. The number of esters is 1. The largest absolute Gasteiger partial charge is 0.465 e. The van der Waals surface area contributed by atoms with E-state index < -0.39 is 5.91 Å². The standard InChI is InChI=1S/C11H14N2O3S/c1-2-16-10(14)6-17-9-4-3-7(11(13)15)5-8(9)12/h3-5H,2,6,12H2,1H3,(H2,13,15). The minimum Gasteiger partial charge on any atom is -0.465 e. The normalized spacial score (nSPS) is 9.94. The molecule has 0 bridgehead atoms. The van der Waals surface area contributed by atoms with Crippen LogP contribution >= 0.6 is 11.8 Å². The second-order valence-electron chi connectivity index (χ2n) is 3.21. The summed E-state index contributed by atoms with van der Waals surface area (Å²) in [7, 11) is 0. The molecule has 0 radical (unpaired) electrons. The predicted molar refractivity (Wildman–Crippen MR) is 66.7 cm³/mol. The zero-order valence-corrected chi connectivity index (χ0v) is 10.3. The molecule has 1 rings (SSSR count). The van der Waals surface area contributed by atoms with Gasteiger partial charge in [0.25, 0.3) is 0 Å². The summed E-state index contributed by atoms with van der Waals surface area (Å²) in [5, 5.41) is 0. The van der Waals surface area contributed by atoms with Crippen LogP contribution in [-0.4, -0.2) is 24.2 Å². The van der Waals surface area contributed by atoms with E-state index in [1.165, 1.54) is 17.8 Å². The highest BCUT2D eigenvalue weighted by molar-refractivity contribution is 8.00. The Morgan fingerprint density at radius 2 is 2.12 bits per heavy atom. The minimum atomic E-state index is -0.529. The van der Waals surface area contributed by atoms with Gasteiger partial charge in [-0.25, -0.2) is 0 Å². The monoisotopic (exact) mass is 254 g/mol. The summed E-state index contributed by atoms with van der Waals surface area (Å²) in [5.74, 6) is -0.636. The molecule has 0 aliphatic rings. The Morgan fingerprint density at radius 1 is 1.41 bits per heavy atom. The van der Waals surface area contributed by atoms with E-state index in [-0.39, 0.29) is 11.7 Å². The van der Waals surface area contributed by atoms with Gasteiger partial charge in [-0.3, -0.25) is 9.59 Å². The predicted octanol–water partition coefficient (Wildman–Crippen LogP) is 1.02. The molecule has 0 aliphatic carbocycles. The van der Waals surface area contributed by atoms with Gasteiger partial charge in [0.1, 0.15) is 0 Å². The molecule has 0 fully saturated rings.